The zero-order chi connectivity index (χ0) is 38.3. The maximum Gasteiger partial charge on any atom is 0.0370 e. The monoisotopic (exact) mass is 826 g/mol. The van der Waals surface area contributed by atoms with Gasteiger partial charge < -0.3 is 10.2 Å². The lowest BCUT2D eigenvalue weighted by Crippen LogP contribution is -2.16. The van der Waals surface area contributed by atoms with Crippen molar-refractivity contribution in [1.29, 1.82) is 0 Å². The molecule has 6 unspecified atom stereocenters. The van der Waals surface area contributed by atoms with E-state index in [2.05, 4.69) is 132 Å². The number of para-hydroxylation sites is 1. The Morgan fingerprint density at radius 3 is 1.92 bits per heavy atom. The maximum absolute atomic E-state index is 3.51. The molecule has 3 heteroatoms. The van der Waals surface area contributed by atoms with Gasteiger partial charge in [-0.05, 0) is 108 Å². The Morgan fingerprint density at radius 1 is 0.717 bits per heavy atom. The van der Waals surface area contributed by atoms with Crippen LogP contribution in [0.2, 0.25) is 0 Å². The van der Waals surface area contributed by atoms with Crippen molar-refractivity contribution in [2.24, 2.45) is 35.5 Å². The summed E-state index contributed by atoms with van der Waals surface area (Å²) in [6.45, 7) is 17.7. The minimum absolute atomic E-state index is 0. The van der Waals surface area contributed by atoms with Crippen molar-refractivity contribution in [3.63, 3.8) is 0 Å². The van der Waals surface area contributed by atoms with E-state index in [0.717, 1.165) is 47.6 Å². The Kier molecular flexibility index (Phi) is 24.2. The Labute approximate surface area is 340 Å². The van der Waals surface area contributed by atoms with E-state index in [4.69, 9.17) is 0 Å². The number of likely N-dealkylation sites (N-methyl/N-ethyl adjacent to an activating group) is 1. The van der Waals surface area contributed by atoms with Crippen molar-refractivity contribution in [3.8, 4) is 0 Å². The van der Waals surface area contributed by atoms with E-state index in [1.165, 1.54) is 41.8 Å². The van der Waals surface area contributed by atoms with Gasteiger partial charge in [-0.1, -0.05) is 193 Å². The van der Waals surface area contributed by atoms with Crippen LogP contribution in [0.5, 0.6) is 0 Å². The number of allylic oxidation sites excluding steroid dienone is 20. The summed E-state index contributed by atoms with van der Waals surface area (Å²) < 4.78 is 1.94. The molecule has 1 aromatic carbocycles. The van der Waals surface area contributed by atoms with Crippen LogP contribution in [0.15, 0.2) is 172 Å². The van der Waals surface area contributed by atoms with Gasteiger partial charge in [-0.15, -0.1) is 0 Å². The maximum atomic E-state index is 3.51. The molecule has 288 valence electrons. The molecule has 0 saturated heterocycles. The number of hydrogen-bond donors (Lipinski definition) is 1. The topological polar surface area (TPSA) is 15.3 Å². The fourth-order valence-corrected chi connectivity index (χ4v) is 6.41. The van der Waals surface area contributed by atoms with Crippen molar-refractivity contribution in [1.82, 2.24) is 4.90 Å². The Balaban J connectivity index is 0.000000389. The molecule has 0 spiro atoms. The third-order valence-electron chi connectivity index (χ3n) is 9.44. The van der Waals surface area contributed by atoms with Gasteiger partial charge in [-0.2, -0.15) is 0 Å². The van der Waals surface area contributed by atoms with Gasteiger partial charge in [-0.3, -0.25) is 0 Å². The molecule has 7 aliphatic rings. The van der Waals surface area contributed by atoms with Gasteiger partial charge in [0.2, 0.25) is 0 Å². The van der Waals surface area contributed by atoms with E-state index in [0.29, 0.717) is 0 Å². The third-order valence-corrected chi connectivity index (χ3v) is 9.86. The van der Waals surface area contributed by atoms with Crippen molar-refractivity contribution < 1.29 is 0 Å². The smallest absolute Gasteiger partial charge is 0.0370 e. The highest BCUT2D eigenvalue weighted by Crippen LogP contribution is 2.47. The molecule has 53 heavy (non-hydrogen) atoms. The minimum Gasteiger partial charge on any atom is -0.388 e. The SMILES string of the molecule is C.C=C/C=C\C=C\I.CC.CC.CC.CC1=CC=CC2CC12.CN(C1=CCC=C(C2=CC3CC3C=C2)C=C1)C1=CC2CC2C=C1.CNc1ccccc1. The van der Waals surface area contributed by atoms with Gasteiger partial charge in [0.15, 0.2) is 0 Å². The summed E-state index contributed by atoms with van der Waals surface area (Å²) in [7, 11) is 4.10. The summed E-state index contributed by atoms with van der Waals surface area (Å²) in [5.41, 5.74) is 8.18. The fraction of sp³-hybridized carbons (Fsp3) is 0.400. The second kappa shape index (κ2) is 27.1. The number of anilines is 1. The van der Waals surface area contributed by atoms with Gasteiger partial charge in [0, 0.05) is 31.2 Å². The molecule has 0 aromatic heterocycles. The number of nitrogens with one attached hydrogen (secondary N) is 1. The normalized spacial score (nSPS) is 24.9. The van der Waals surface area contributed by atoms with Gasteiger partial charge in [0.1, 0.15) is 0 Å². The first-order valence-electron chi connectivity index (χ1n) is 19.8. The Morgan fingerprint density at radius 2 is 1.38 bits per heavy atom. The molecule has 2 nitrogen and oxygen atoms in total. The quantitative estimate of drug-likeness (QED) is 0.227. The summed E-state index contributed by atoms with van der Waals surface area (Å²) in [6.07, 6.45) is 42.9. The summed E-state index contributed by atoms with van der Waals surface area (Å²) in [5.74, 6) is 5.15. The van der Waals surface area contributed by atoms with Gasteiger partial charge in [0.05, 0.1) is 0 Å². The highest BCUT2D eigenvalue weighted by molar-refractivity contribution is 14.1. The molecule has 6 atom stereocenters. The van der Waals surface area contributed by atoms with Crippen LogP contribution in [0.1, 0.15) is 81.6 Å². The van der Waals surface area contributed by atoms with Crippen LogP contribution in [0.25, 0.3) is 0 Å². The summed E-state index contributed by atoms with van der Waals surface area (Å²) in [6, 6.07) is 10.1. The van der Waals surface area contributed by atoms with E-state index < -0.39 is 0 Å². The zero-order valence-corrected chi connectivity index (χ0v) is 35.8. The molecular weight excluding hydrogens is 755 g/mol. The van der Waals surface area contributed by atoms with E-state index in [1.54, 1.807) is 11.6 Å². The first kappa shape index (κ1) is 47.5. The molecule has 3 fully saturated rings. The molecule has 0 amide bonds. The number of hydrogen-bond acceptors (Lipinski definition) is 2. The van der Waals surface area contributed by atoms with Crippen molar-refractivity contribution in [2.45, 2.75) is 81.6 Å². The predicted molar refractivity (Wildman–Crippen MR) is 249 cm³/mol. The predicted octanol–water partition coefficient (Wildman–Crippen LogP) is 15.2. The zero-order valence-electron chi connectivity index (χ0n) is 33.6. The Bertz CT molecular complexity index is 1550. The number of halogens is 1. The second-order valence-corrected chi connectivity index (χ2v) is 13.6. The van der Waals surface area contributed by atoms with Gasteiger partial charge >= 0.3 is 0 Å². The highest BCUT2D eigenvalue weighted by atomic mass is 127. The fourth-order valence-electron chi connectivity index (χ4n) is 6.17. The van der Waals surface area contributed by atoms with Crippen LogP contribution < -0.4 is 5.32 Å². The summed E-state index contributed by atoms with van der Waals surface area (Å²) >= 11 is 2.16. The first-order chi connectivity index (χ1) is 25.5. The van der Waals surface area contributed by atoms with E-state index in [1.807, 2.05) is 101 Å². The van der Waals surface area contributed by atoms with Crippen LogP contribution in [0.3, 0.4) is 0 Å². The number of rotatable bonds is 6. The molecule has 0 heterocycles. The molecule has 0 bridgehead atoms. The first-order valence-corrected chi connectivity index (χ1v) is 21.0. The minimum atomic E-state index is 0. The number of fused-ring (bicyclic) bond motifs is 3. The largest absolute Gasteiger partial charge is 0.388 e. The number of nitrogens with zero attached hydrogens (tertiary/aromatic N) is 1. The molecule has 0 radical (unpaired) electrons. The molecule has 8 rings (SSSR count). The lowest BCUT2D eigenvalue weighted by molar-refractivity contribution is 0.544. The van der Waals surface area contributed by atoms with Crippen LogP contribution in [-0.2, 0) is 0 Å². The molecule has 0 aliphatic heterocycles. The van der Waals surface area contributed by atoms with Crippen LogP contribution in [0.4, 0.5) is 5.69 Å². The Hall–Kier alpha value is -3.57. The van der Waals surface area contributed by atoms with Crippen molar-refractivity contribution in [3.05, 3.63) is 172 Å². The van der Waals surface area contributed by atoms with E-state index >= 15 is 0 Å². The lowest BCUT2D eigenvalue weighted by Gasteiger charge is -2.23. The molecular formula is C50H71IN2. The molecule has 3 saturated carbocycles. The van der Waals surface area contributed by atoms with Crippen LogP contribution >= 0.6 is 22.6 Å². The van der Waals surface area contributed by atoms with E-state index in [-0.39, 0.29) is 7.43 Å². The molecule has 1 aromatic rings. The van der Waals surface area contributed by atoms with Crippen molar-refractivity contribution >= 4 is 28.3 Å². The van der Waals surface area contributed by atoms with Crippen molar-refractivity contribution in [2.75, 3.05) is 19.4 Å². The van der Waals surface area contributed by atoms with E-state index in [9.17, 15) is 0 Å². The molecule has 1 N–H and O–H groups in total. The third kappa shape index (κ3) is 16.5. The second-order valence-electron chi connectivity index (χ2n) is 12.8. The lowest BCUT2D eigenvalue weighted by atomic mass is 9.99. The summed E-state index contributed by atoms with van der Waals surface area (Å²) in [5, 5.41) is 3.03. The average Bonchev–Trinajstić information content (AvgIpc) is 4.08. The van der Waals surface area contributed by atoms with Crippen LogP contribution in [0, 0.1) is 35.5 Å². The average molecular weight is 827 g/mol. The summed E-state index contributed by atoms with van der Waals surface area (Å²) in [4.78, 5) is 2.33. The highest BCUT2D eigenvalue weighted by Gasteiger charge is 2.37. The number of benzene rings is 1. The van der Waals surface area contributed by atoms with Gasteiger partial charge in [-0.25, -0.2) is 0 Å². The van der Waals surface area contributed by atoms with Gasteiger partial charge in [0.25, 0.3) is 0 Å². The molecule has 7 aliphatic carbocycles. The standard InChI is InChI=1S/C22H23N.C8H10.C7H9N.C6H7I.3C2H6.CH4/c1-23(22-10-8-18-13-20(18)14-22)21-4-2-3-15(7-9-21)16-5-6-17-12-19(17)11-16;1-6-3-2-4-7-5-8(6)7;1-8-7-5-3-2-4-6-7;1-2-3-4-5-6-7;3*1-2;/h3-11,14,17-20H,2,12-13H2,1H3;2-4,7-8H,5H2,1H3;2-6,8H,1H3;2-6H,1H2;3*1-2H3;1H4/b;;;4-3-,6-5+;;;;. The van der Waals surface area contributed by atoms with Crippen LogP contribution in [-0.4, -0.2) is 19.0 Å².